The third-order valence-electron chi connectivity index (χ3n) is 3.57. The van der Waals surface area contributed by atoms with E-state index in [1.165, 1.54) is 11.1 Å². The first-order chi connectivity index (χ1) is 8.65. The summed E-state index contributed by atoms with van der Waals surface area (Å²) in [6.45, 7) is 6.36. The molecule has 1 saturated heterocycles. The molecule has 1 heterocycles. The Balaban J connectivity index is 2.24. The van der Waals surface area contributed by atoms with Gasteiger partial charge in [0.1, 0.15) is 12.1 Å². The fourth-order valence-electron chi connectivity index (χ4n) is 2.37. The summed E-state index contributed by atoms with van der Waals surface area (Å²) in [5, 5.41) is 6.97. The van der Waals surface area contributed by atoms with Crippen LogP contribution >= 0.6 is 0 Å². The van der Waals surface area contributed by atoms with Crippen molar-refractivity contribution in [3.63, 3.8) is 0 Å². The van der Waals surface area contributed by atoms with Crippen molar-refractivity contribution in [3.8, 4) is 0 Å². The quantitative estimate of drug-likeness (QED) is 0.590. The maximum absolute atomic E-state index is 10.4. The van der Waals surface area contributed by atoms with Crippen LogP contribution in [0.3, 0.4) is 0 Å². The normalized spacial score (nSPS) is 26.1. The average Bonchev–Trinajstić information content (AvgIpc) is 2.73. The molecular weight excluding hydrogens is 224 g/mol. The van der Waals surface area contributed by atoms with Crippen LogP contribution in [0.4, 0.5) is 0 Å². The first-order valence-electron chi connectivity index (χ1n) is 6.41. The minimum Gasteiger partial charge on any atom is -0.363 e. The van der Waals surface area contributed by atoms with Gasteiger partial charge in [-0.3, -0.25) is 4.79 Å². The van der Waals surface area contributed by atoms with Crippen molar-refractivity contribution in [1.29, 1.82) is 0 Å². The van der Waals surface area contributed by atoms with Gasteiger partial charge in [0.2, 0.25) is 0 Å². The zero-order valence-electron chi connectivity index (χ0n) is 11.2. The molecule has 0 aromatic heterocycles. The lowest BCUT2D eigenvalue weighted by Crippen LogP contribution is -2.32. The Morgan fingerprint density at radius 1 is 1.22 bits per heavy atom. The van der Waals surface area contributed by atoms with Crippen LogP contribution in [-0.2, 0) is 4.79 Å². The van der Waals surface area contributed by atoms with Crippen LogP contribution in [0.25, 0.3) is 0 Å². The largest absolute Gasteiger partial charge is 0.363 e. The first-order valence-corrected chi connectivity index (χ1v) is 6.41. The SMILES string of the molecule is CCC(C=CC=O)=C1NC2C=C(C)C(C)=CC2N1. The average molecular weight is 244 g/mol. The van der Waals surface area contributed by atoms with Crippen molar-refractivity contribution >= 4 is 6.29 Å². The summed E-state index contributed by atoms with van der Waals surface area (Å²) >= 11 is 0. The predicted octanol–water partition coefficient (Wildman–Crippen LogP) is 2.20. The lowest BCUT2D eigenvalue weighted by molar-refractivity contribution is -0.104. The van der Waals surface area contributed by atoms with Crippen LogP contribution in [0.2, 0.25) is 0 Å². The molecule has 0 spiro atoms. The van der Waals surface area contributed by atoms with Gasteiger partial charge in [0.25, 0.3) is 0 Å². The minimum absolute atomic E-state index is 0.315. The second kappa shape index (κ2) is 5.25. The van der Waals surface area contributed by atoms with Gasteiger partial charge >= 0.3 is 0 Å². The summed E-state index contributed by atoms with van der Waals surface area (Å²) in [6, 6.07) is 0.629. The number of allylic oxidation sites excluding steroid dienone is 5. The second-order valence-corrected chi connectivity index (χ2v) is 4.79. The molecule has 2 N–H and O–H groups in total. The van der Waals surface area contributed by atoms with E-state index in [1.807, 2.05) is 6.08 Å². The highest BCUT2D eigenvalue weighted by Gasteiger charge is 2.29. The maximum Gasteiger partial charge on any atom is 0.142 e. The molecule has 3 heteroatoms. The number of nitrogens with one attached hydrogen (secondary N) is 2. The zero-order chi connectivity index (χ0) is 13.1. The van der Waals surface area contributed by atoms with Gasteiger partial charge in [-0.05, 0) is 31.9 Å². The molecule has 0 aromatic rings. The molecule has 2 rings (SSSR count). The Morgan fingerprint density at radius 2 is 1.78 bits per heavy atom. The standard InChI is InChI=1S/C15H20N2O/c1-4-12(6-5-7-18)15-16-13-8-10(2)11(3)9-14(13)17-15/h5-9,13-14,16-17H,4H2,1-3H3. The van der Waals surface area contributed by atoms with E-state index in [1.54, 1.807) is 6.08 Å². The van der Waals surface area contributed by atoms with E-state index < -0.39 is 0 Å². The molecule has 18 heavy (non-hydrogen) atoms. The third kappa shape index (κ3) is 2.40. The first kappa shape index (κ1) is 12.7. The highest BCUT2D eigenvalue weighted by atomic mass is 16.1. The van der Waals surface area contributed by atoms with E-state index in [2.05, 4.69) is 43.6 Å². The number of carbonyl (C=O) groups excluding carboxylic acids is 1. The number of hydrogen-bond donors (Lipinski definition) is 2. The molecule has 96 valence electrons. The van der Waals surface area contributed by atoms with E-state index in [-0.39, 0.29) is 0 Å². The Kier molecular flexibility index (Phi) is 3.70. The van der Waals surface area contributed by atoms with Gasteiger partial charge < -0.3 is 10.6 Å². The summed E-state index contributed by atoms with van der Waals surface area (Å²) < 4.78 is 0. The van der Waals surface area contributed by atoms with Crippen molar-refractivity contribution < 1.29 is 4.79 Å². The van der Waals surface area contributed by atoms with Gasteiger partial charge in [-0.15, -0.1) is 0 Å². The van der Waals surface area contributed by atoms with E-state index in [0.717, 1.165) is 24.1 Å². The molecule has 1 fully saturated rings. The lowest BCUT2D eigenvalue weighted by atomic mass is 9.94. The van der Waals surface area contributed by atoms with Crippen molar-refractivity contribution in [2.45, 2.75) is 39.3 Å². The molecule has 0 saturated carbocycles. The van der Waals surface area contributed by atoms with Gasteiger partial charge in [0.05, 0.1) is 12.1 Å². The van der Waals surface area contributed by atoms with Crippen LogP contribution in [0.5, 0.6) is 0 Å². The van der Waals surface area contributed by atoms with Crippen molar-refractivity contribution in [3.05, 3.63) is 46.8 Å². The highest BCUT2D eigenvalue weighted by Crippen LogP contribution is 2.24. The molecule has 0 bridgehead atoms. The van der Waals surface area contributed by atoms with Crippen LogP contribution in [0, 0.1) is 0 Å². The second-order valence-electron chi connectivity index (χ2n) is 4.79. The fourth-order valence-corrected chi connectivity index (χ4v) is 2.37. The molecule has 2 unspecified atom stereocenters. The smallest absolute Gasteiger partial charge is 0.142 e. The number of rotatable bonds is 3. The van der Waals surface area contributed by atoms with Gasteiger partial charge in [-0.1, -0.05) is 36.3 Å². The summed E-state index contributed by atoms with van der Waals surface area (Å²) in [6.07, 6.45) is 9.64. The molecule has 3 nitrogen and oxygen atoms in total. The van der Waals surface area contributed by atoms with Gasteiger partial charge in [-0.25, -0.2) is 0 Å². The molecule has 0 aromatic carbocycles. The topological polar surface area (TPSA) is 41.1 Å². The number of hydrogen-bond acceptors (Lipinski definition) is 3. The molecule has 1 aliphatic carbocycles. The molecular formula is C15H20N2O. The van der Waals surface area contributed by atoms with Crippen LogP contribution in [0.1, 0.15) is 27.2 Å². The summed E-state index contributed by atoms with van der Waals surface area (Å²) in [5.74, 6) is 1.04. The lowest BCUT2D eigenvalue weighted by Gasteiger charge is -2.19. The van der Waals surface area contributed by atoms with Crippen LogP contribution in [0.15, 0.2) is 46.8 Å². The van der Waals surface area contributed by atoms with E-state index in [4.69, 9.17) is 0 Å². The molecule has 0 radical (unpaired) electrons. The predicted molar refractivity (Wildman–Crippen MR) is 73.9 cm³/mol. The van der Waals surface area contributed by atoms with E-state index in [0.29, 0.717) is 12.1 Å². The van der Waals surface area contributed by atoms with Crippen molar-refractivity contribution in [2.24, 2.45) is 0 Å². The molecule has 2 atom stereocenters. The molecule has 2 aliphatic rings. The summed E-state index contributed by atoms with van der Waals surface area (Å²) in [4.78, 5) is 10.4. The monoisotopic (exact) mass is 244 g/mol. The van der Waals surface area contributed by atoms with Gasteiger partial charge in [0.15, 0.2) is 0 Å². The van der Waals surface area contributed by atoms with Gasteiger partial charge in [-0.2, -0.15) is 0 Å². The Labute approximate surface area is 108 Å². The molecule has 0 amide bonds. The minimum atomic E-state index is 0.315. The van der Waals surface area contributed by atoms with E-state index >= 15 is 0 Å². The van der Waals surface area contributed by atoms with Crippen LogP contribution < -0.4 is 10.6 Å². The zero-order valence-corrected chi connectivity index (χ0v) is 11.2. The number of carbonyl (C=O) groups is 1. The van der Waals surface area contributed by atoms with Crippen molar-refractivity contribution in [1.82, 2.24) is 10.6 Å². The summed E-state index contributed by atoms with van der Waals surface area (Å²) in [5.41, 5.74) is 3.79. The Bertz CT molecular complexity index is 441. The maximum atomic E-state index is 10.4. The number of fused-ring (bicyclic) bond motifs is 1. The molecule has 1 aliphatic heterocycles. The Hall–Kier alpha value is -1.77. The van der Waals surface area contributed by atoms with Crippen LogP contribution in [-0.4, -0.2) is 18.4 Å². The third-order valence-corrected chi connectivity index (χ3v) is 3.57. The van der Waals surface area contributed by atoms with Gasteiger partial charge in [0, 0.05) is 0 Å². The highest BCUT2D eigenvalue weighted by molar-refractivity contribution is 5.66. The summed E-state index contributed by atoms with van der Waals surface area (Å²) in [7, 11) is 0. The Morgan fingerprint density at radius 3 is 2.22 bits per heavy atom. The van der Waals surface area contributed by atoms with E-state index in [9.17, 15) is 4.79 Å². The fraction of sp³-hybridized carbons (Fsp3) is 0.400. The number of aldehydes is 1. The van der Waals surface area contributed by atoms with Crippen molar-refractivity contribution in [2.75, 3.05) is 0 Å².